The summed E-state index contributed by atoms with van der Waals surface area (Å²) in [7, 11) is 0. The molecule has 0 spiro atoms. The zero-order chi connectivity index (χ0) is 13.9. The van der Waals surface area contributed by atoms with E-state index in [0.29, 0.717) is 42.2 Å². The third-order valence-corrected chi connectivity index (χ3v) is 3.65. The molecule has 0 unspecified atom stereocenters. The molecule has 1 saturated heterocycles. The van der Waals surface area contributed by atoms with Crippen LogP contribution >= 0.6 is 11.6 Å². The van der Waals surface area contributed by atoms with Gasteiger partial charge in [-0.25, -0.2) is 4.79 Å². The molecular formula is C14H17ClO4. The van der Waals surface area contributed by atoms with Crippen LogP contribution in [0.5, 0.6) is 0 Å². The van der Waals surface area contributed by atoms with Gasteiger partial charge in [0.1, 0.15) is 0 Å². The van der Waals surface area contributed by atoms with Crippen molar-refractivity contribution in [1.82, 2.24) is 0 Å². The van der Waals surface area contributed by atoms with Gasteiger partial charge in [-0.05, 0) is 24.6 Å². The number of hydrogen-bond acceptors (Lipinski definition) is 4. The number of benzene rings is 1. The first kappa shape index (κ1) is 14.3. The van der Waals surface area contributed by atoms with Crippen LogP contribution in [0.2, 0.25) is 5.02 Å². The Morgan fingerprint density at radius 1 is 1.47 bits per heavy atom. The number of aliphatic hydroxyl groups is 1. The lowest BCUT2D eigenvalue weighted by Gasteiger charge is -2.32. The van der Waals surface area contributed by atoms with Crippen LogP contribution in [0.4, 0.5) is 0 Å². The number of carbonyl (C=O) groups is 1. The average molecular weight is 285 g/mol. The molecular weight excluding hydrogens is 268 g/mol. The molecule has 5 heteroatoms. The summed E-state index contributed by atoms with van der Waals surface area (Å²) in [5.74, 6) is -0.468. The van der Waals surface area contributed by atoms with Gasteiger partial charge < -0.3 is 14.6 Å². The van der Waals surface area contributed by atoms with Gasteiger partial charge in [-0.2, -0.15) is 0 Å². The highest BCUT2D eigenvalue weighted by Gasteiger charge is 2.32. The van der Waals surface area contributed by atoms with Gasteiger partial charge in [0.05, 0.1) is 22.8 Å². The maximum atomic E-state index is 11.8. The van der Waals surface area contributed by atoms with Gasteiger partial charge in [-0.1, -0.05) is 17.7 Å². The molecule has 1 aliphatic heterocycles. The van der Waals surface area contributed by atoms with Crippen molar-refractivity contribution in [1.29, 1.82) is 0 Å². The zero-order valence-electron chi connectivity index (χ0n) is 10.8. The van der Waals surface area contributed by atoms with Gasteiger partial charge in [-0.15, -0.1) is 0 Å². The largest absolute Gasteiger partial charge is 0.462 e. The van der Waals surface area contributed by atoms with Crippen molar-refractivity contribution < 1.29 is 19.4 Å². The zero-order valence-corrected chi connectivity index (χ0v) is 11.6. The van der Waals surface area contributed by atoms with E-state index in [1.54, 1.807) is 25.1 Å². The van der Waals surface area contributed by atoms with Gasteiger partial charge in [0.15, 0.2) is 0 Å². The first-order valence-corrected chi connectivity index (χ1v) is 6.72. The Hall–Kier alpha value is -1.10. The Kier molecular flexibility index (Phi) is 4.45. The van der Waals surface area contributed by atoms with E-state index in [4.69, 9.17) is 21.1 Å². The van der Waals surface area contributed by atoms with Crippen molar-refractivity contribution in [3.8, 4) is 0 Å². The maximum absolute atomic E-state index is 11.8. The van der Waals surface area contributed by atoms with E-state index < -0.39 is 11.6 Å². The average Bonchev–Trinajstić information content (AvgIpc) is 2.40. The van der Waals surface area contributed by atoms with Crippen LogP contribution in [-0.4, -0.2) is 30.9 Å². The number of hydrogen-bond donors (Lipinski definition) is 1. The SMILES string of the molecule is CCOC(=O)c1cc(C2(O)CCOCC2)ccc1Cl. The summed E-state index contributed by atoms with van der Waals surface area (Å²) >= 11 is 6.00. The van der Waals surface area contributed by atoms with Crippen molar-refractivity contribution in [2.75, 3.05) is 19.8 Å². The second-order valence-corrected chi connectivity index (χ2v) is 4.97. The molecule has 4 nitrogen and oxygen atoms in total. The molecule has 2 rings (SSSR count). The van der Waals surface area contributed by atoms with E-state index >= 15 is 0 Å². The monoisotopic (exact) mass is 284 g/mol. The van der Waals surface area contributed by atoms with Crippen molar-refractivity contribution in [2.45, 2.75) is 25.4 Å². The number of ether oxygens (including phenoxy) is 2. The third kappa shape index (κ3) is 3.08. The van der Waals surface area contributed by atoms with Crippen molar-refractivity contribution in [3.63, 3.8) is 0 Å². The van der Waals surface area contributed by atoms with Crippen LogP contribution in [-0.2, 0) is 15.1 Å². The van der Waals surface area contributed by atoms with Crippen LogP contribution in [0.1, 0.15) is 35.7 Å². The third-order valence-electron chi connectivity index (χ3n) is 3.32. The smallest absolute Gasteiger partial charge is 0.339 e. The summed E-state index contributed by atoms with van der Waals surface area (Å²) in [6.07, 6.45) is 1.02. The van der Waals surface area contributed by atoms with Gasteiger partial charge in [0.25, 0.3) is 0 Å². The van der Waals surface area contributed by atoms with E-state index in [0.717, 1.165) is 0 Å². The Bertz CT molecular complexity index is 467. The quantitative estimate of drug-likeness (QED) is 0.867. The predicted octanol–water partition coefficient (Wildman–Crippen LogP) is 2.51. The van der Waals surface area contributed by atoms with Gasteiger partial charge >= 0.3 is 5.97 Å². The lowest BCUT2D eigenvalue weighted by atomic mass is 9.86. The molecule has 1 heterocycles. The molecule has 0 radical (unpaired) electrons. The van der Waals surface area contributed by atoms with E-state index in [2.05, 4.69) is 0 Å². The van der Waals surface area contributed by atoms with Gasteiger partial charge in [0, 0.05) is 26.1 Å². The maximum Gasteiger partial charge on any atom is 0.339 e. The van der Waals surface area contributed by atoms with Crippen molar-refractivity contribution in [3.05, 3.63) is 34.3 Å². The normalized spacial score (nSPS) is 18.1. The highest BCUT2D eigenvalue weighted by Crippen LogP contribution is 2.33. The van der Waals surface area contributed by atoms with Crippen LogP contribution < -0.4 is 0 Å². The molecule has 104 valence electrons. The highest BCUT2D eigenvalue weighted by atomic mass is 35.5. The first-order chi connectivity index (χ1) is 9.07. The fraction of sp³-hybridized carbons (Fsp3) is 0.500. The van der Waals surface area contributed by atoms with Gasteiger partial charge in [0.2, 0.25) is 0 Å². The topological polar surface area (TPSA) is 55.8 Å². The molecule has 19 heavy (non-hydrogen) atoms. The number of rotatable bonds is 3. The number of halogens is 1. The molecule has 1 aromatic carbocycles. The standard InChI is InChI=1S/C14H17ClO4/c1-2-19-13(16)11-9-10(3-4-12(11)15)14(17)5-7-18-8-6-14/h3-4,9,17H,2,5-8H2,1H3. The minimum atomic E-state index is -0.954. The second-order valence-electron chi connectivity index (χ2n) is 4.56. The Morgan fingerprint density at radius 2 is 2.16 bits per heavy atom. The van der Waals surface area contributed by atoms with Gasteiger partial charge in [-0.3, -0.25) is 0 Å². The summed E-state index contributed by atoms with van der Waals surface area (Å²) in [5.41, 5.74) is 0.0218. The van der Waals surface area contributed by atoms with Crippen molar-refractivity contribution >= 4 is 17.6 Å². The molecule has 1 aromatic rings. The molecule has 0 bridgehead atoms. The van der Waals surface area contributed by atoms with Crippen LogP contribution in [0.15, 0.2) is 18.2 Å². The summed E-state index contributed by atoms with van der Waals surface area (Å²) in [4.78, 5) is 11.8. The second kappa shape index (κ2) is 5.90. The first-order valence-electron chi connectivity index (χ1n) is 6.34. The fourth-order valence-electron chi connectivity index (χ4n) is 2.18. The summed E-state index contributed by atoms with van der Waals surface area (Å²) in [6.45, 7) is 3.04. The molecule has 0 amide bonds. The Balaban J connectivity index is 2.32. The van der Waals surface area contributed by atoms with E-state index in [9.17, 15) is 9.90 Å². The molecule has 0 aromatic heterocycles. The Labute approximate surface area is 117 Å². The molecule has 0 aliphatic carbocycles. The molecule has 0 atom stereocenters. The highest BCUT2D eigenvalue weighted by molar-refractivity contribution is 6.33. The van der Waals surface area contributed by atoms with Crippen LogP contribution in [0.25, 0.3) is 0 Å². The molecule has 1 fully saturated rings. The summed E-state index contributed by atoms with van der Waals surface area (Å²) in [5, 5.41) is 10.9. The minimum Gasteiger partial charge on any atom is -0.462 e. The predicted molar refractivity (Wildman–Crippen MR) is 71.4 cm³/mol. The molecule has 1 N–H and O–H groups in total. The van der Waals surface area contributed by atoms with Crippen molar-refractivity contribution in [2.24, 2.45) is 0 Å². The van der Waals surface area contributed by atoms with E-state index in [1.165, 1.54) is 0 Å². The van der Waals surface area contributed by atoms with Crippen LogP contribution in [0, 0.1) is 0 Å². The minimum absolute atomic E-state index is 0.289. The summed E-state index contributed by atoms with van der Waals surface area (Å²) < 4.78 is 10.2. The van der Waals surface area contributed by atoms with Crippen LogP contribution in [0.3, 0.4) is 0 Å². The molecule has 0 saturated carbocycles. The Morgan fingerprint density at radius 3 is 2.79 bits per heavy atom. The summed E-state index contributed by atoms with van der Waals surface area (Å²) in [6, 6.07) is 4.98. The van der Waals surface area contributed by atoms with E-state index in [1.807, 2.05) is 0 Å². The fourth-order valence-corrected chi connectivity index (χ4v) is 2.37. The lowest BCUT2D eigenvalue weighted by molar-refractivity contribution is -0.0679. The lowest BCUT2D eigenvalue weighted by Crippen LogP contribution is -2.33. The number of carbonyl (C=O) groups excluding carboxylic acids is 1. The molecule has 1 aliphatic rings. The van der Waals surface area contributed by atoms with E-state index in [-0.39, 0.29) is 6.61 Å². The number of esters is 1.